The molecule has 0 spiro atoms. The molecule has 5 heteroatoms. The molecule has 1 heterocycles. The molecule has 0 atom stereocenters. The van der Waals surface area contributed by atoms with Gasteiger partial charge in [0.2, 0.25) is 5.95 Å². The first-order valence-electron chi connectivity index (χ1n) is 8.31. The Labute approximate surface area is 131 Å². The zero-order valence-corrected chi connectivity index (χ0v) is 13.0. The van der Waals surface area contributed by atoms with Crippen molar-refractivity contribution < 1.29 is 0 Å². The molecule has 1 saturated carbocycles. The molecular formula is C17H25N5. The smallest absolute Gasteiger partial charge is 0.225 e. The quantitative estimate of drug-likeness (QED) is 0.764. The molecule has 0 unspecified atom stereocenters. The lowest BCUT2D eigenvalue weighted by Gasteiger charge is -2.22. The molecule has 2 aromatic rings. The Kier molecular flexibility index (Phi) is 5.06. The summed E-state index contributed by atoms with van der Waals surface area (Å²) in [7, 11) is 0. The molecule has 0 amide bonds. The largest absolute Gasteiger partial charge is 0.368 e. The number of rotatable bonds is 6. The van der Waals surface area contributed by atoms with Gasteiger partial charge in [0.25, 0.3) is 0 Å². The molecule has 0 saturated heterocycles. The van der Waals surface area contributed by atoms with E-state index >= 15 is 0 Å². The van der Waals surface area contributed by atoms with Gasteiger partial charge in [-0.2, -0.15) is 4.98 Å². The van der Waals surface area contributed by atoms with Gasteiger partial charge in [0, 0.05) is 25.0 Å². The minimum absolute atomic E-state index is 0.586. The average molecular weight is 299 g/mol. The van der Waals surface area contributed by atoms with Crippen LogP contribution in [0.15, 0.2) is 24.3 Å². The number of benzene rings is 1. The number of anilines is 2. The maximum Gasteiger partial charge on any atom is 0.225 e. The summed E-state index contributed by atoms with van der Waals surface area (Å²) in [5.41, 5.74) is 6.55. The van der Waals surface area contributed by atoms with Crippen LogP contribution in [0.4, 0.5) is 11.8 Å². The second-order valence-electron chi connectivity index (χ2n) is 6.01. The SMILES string of the molecule is NCCNc1nc(NCC2CCCCC2)nc2ccccc12. The molecular weight excluding hydrogens is 274 g/mol. The Morgan fingerprint density at radius 2 is 1.86 bits per heavy atom. The van der Waals surface area contributed by atoms with E-state index in [-0.39, 0.29) is 0 Å². The maximum absolute atomic E-state index is 5.59. The van der Waals surface area contributed by atoms with Gasteiger partial charge in [-0.05, 0) is 30.9 Å². The molecule has 0 aliphatic heterocycles. The minimum atomic E-state index is 0.586. The summed E-state index contributed by atoms with van der Waals surface area (Å²) < 4.78 is 0. The Balaban J connectivity index is 1.76. The molecule has 118 valence electrons. The van der Waals surface area contributed by atoms with E-state index in [4.69, 9.17) is 5.73 Å². The van der Waals surface area contributed by atoms with Gasteiger partial charge in [-0.3, -0.25) is 0 Å². The third kappa shape index (κ3) is 3.65. The molecule has 1 fully saturated rings. The van der Waals surface area contributed by atoms with Crippen molar-refractivity contribution in [2.45, 2.75) is 32.1 Å². The van der Waals surface area contributed by atoms with Crippen LogP contribution in [-0.4, -0.2) is 29.6 Å². The van der Waals surface area contributed by atoms with E-state index in [1.54, 1.807) is 0 Å². The molecule has 1 aliphatic carbocycles. The molecule has 1 aliphatic rings. The number of hydrogen-bond donors (Lipinski definition) is 3. The zero-order valence-electron chi connectivity index (χ0n) is 13.0. The van der Waals surface area contributed by atoms with Crippen molar-refractivity contribution in [3.8, 4) is 0 Å². The van der Waals surface area contributed by atoms with Gasteiger partial charge in [-0.1, -0.05) is 31.4 Å². The van der Waals surface area contributed by atoms with Crippen LogP contribution >= 0.6 is 0 Å². The van der Waals surface area contributed by atoms with Gasteiger partial charge in [0.1, 0.15) is 5.82 Å². The van der Waals surface area contributed by atoms with Gasteiger partial charge >= 0.3 is 0 Å². The van der Waals surface area contributed by atoms with Crippen molar-refractivity contribution in [3.05, 3.63) is 24.3 Å². The lowest BCUT2D eigenvalue weighted by Crippen LogP contribution is -2.19. The predicted octanol–water partition coefficient (Wildman–Crippen LogP) is 2.99. The Hall–Kier alpha value is -1.88. The summed E-state index contributed by atoms with van der Waals surface area (Å²) in [6, 6.07) is 8.08. The van der Waals surface area contributed by atoms with Crippen molar-refractivity contribution in [3.63, 3.8) is 0 Å². The fourth-order valence-electron chi connectivity index (χ4n) is 3.11. The summed E-state index contributed by atoms with van der Waals surface area (Å²) in [5, 5.41) is 7.77. The minimum Gasteiger partial charge on any atom is -0.368 e. The number of fused-ring (bicyclic) bond motifs is 1. The number of para-hydroxylation sites is 1. The van der Waals surface area contributed by atoms with E-state index < -0.39 is 0 Å². The number of hydrogen-bond acceptors (Lipinski definition) is 5. The first-order valence-corrected chi connectivity index (χ1v) is 8.31. The molecule has 1 aromatic carbocycles. The van der Waals surface area contributed by atoms with E-state index in [0.717, 1.165) is 29.2 Å². The highest BCUT2D eigenvalue weighted by Crippen LogP contribution is 2.25. The van der Waals surface area contributed by atoms with Crippen LogP contribution in [0.5, 0.6) is 0 Å². The summed E-state index contributed by atoms with van der Waals surface area (Å²) in [6.45, 7) is 2.26. The van der Waals surface area contributed by atoms with Gasteiger partial charge < -0.3 is 16.4 Å². The summed E-state index contributed by atoms with van der Waals surface area (Å²) in [5.74, 6) is 2.33. The van der Waals surface area contributed by atoms with E-state index in [9.17, 15) is 0 Å². The van der Waals surface area contributed by atoms with Crippen molar-refractivity contribution in [2.75, 3.05) is 30.3 Å². The second kappa shape index (κ2) is 7.40. The number of aromatic nitrogens is 2. The van der Waals surface area contributed by atoms with Crippen molar-refractivity contribution in [1.82, 2.24) is 9.97 Å². The van der Waals surface area contributed by atoms with E-state index in [0.29, 0.717) is 19.0 Å². The Morgan fingerprint density at radius 3 is 2.68 bits per heavy atom. The first-order chi connectivity index (χ1) is 10.9. The fourth-order valence-corrected chi connectivity index (χ4v) is 3.11. The summed E-state index contributed by atoms with van der Waals surface area (Å²) in [6.07, 6.45) is 6.73. The maximum atomic E-state index is 5.59. The molecule has 5 nitrogen and oxygen atoms in total. The normalized spacial score (nSPS) is 15.9. The van der Waals surface area contributed by atoms with Gasteiger partial charge in [0.15, 0.2) is 0 Å². The average Bonchev–Trinajstić information content (AvgIpc) is 2.58. The molecule has 0 bridgehead atoms. The van der Waals surface area contributed by atoms with Gasteiger partial charge in [-0.15, -0.1) is 0 Å². The van der Waals surface area contributed by atoms with Crippen molar-refractivity contribution >= 4 is 22.7 Å². The van der Waals surface area contributed by atoms with Crippen molar-refractivity contribution in [1.29, 1.82) is 0 Å². The topological polar surface area (TPSA) is 75.9 Å². The summed E-state index contributed by atoms with van der Waals surface area (Å²) >= 11 is 0. The van der Waals surface area contributed by atoms with Crippen LogP contribution < -0.4 is 16.4 Å². The Morgan fingerprint density at radius 1 is 1.05 bits per heavy atom. The lowest BCUT2D eigenvalue weighted by molar-refractivity contribution is 0.373. The lowest BCUT2D eigenvalue weighted by atomic mass is 9.89. The third-order valence-electron chi connectivity index (χ3n) is 4.31. The van der Waals surface area contributed by atoms with Gasteiger partial charge in [0.05, 0.1) is 5.52 Å². The molecule has 0 radical (unpaired) electrons. The van der Waals surface area contributed by atoms with E-state index in [1.807, 2.05) is 24.3 Å². The second-order valence-corrected chi connectivity index (χ2v) is 6.01. The highest BCUT2D eigenvalue weighted by atomic mass is 15.1. The zero-order chi connectivity index (χ0) is 15.2. The molecule has 3 rings (SSSR count). The highest BCUT2D eigenvalue weighted by molar-refractivity contribution is 5.89. The fraction of sp³-hybridized carbons (Fsp3) is 0.529. The van der Waals surface area contributed by atoms with Crippen molar-refractivity contribution in [2.24, 2.45) is 11.7 Å². The highest BCUT2D eigenvalue weighted by Gasteiger charge is 2.14. The number of nitrogens with zero attached hydrogens (tertiary/aromatic N) is 2. The van der Waals surface area contributed by atoms with Crippen LogP contribution in [-0.2, 0) is 0 Å². The molecule has 4 N–H and O–H groups in total. The predicted molar refractivity (Wildman–Crippen MR) is 92.1 cm³/mol. The number of nitrogens with two attached hydrogens (primary N) is 1. The van der Waals surface area contributed by atoms with Crippen LogP contribution in [0.1, 0.15) is 32.1 Å². The van der Waals surface area contributed by atoms with Crippen LogP contribution in [0, 0.1) is 5.92 Å². The molecule has 22 heavy (non-hydrogen) atoms. The van der Waals surface area contributed by atoms with E-state index in [2.05, 4.69) is 20.6 Å². The first kappa shape index (κ1) is 15.0. The number of nitrogens with one attached hydrogen (secondary N) is 2. The third-order valence-corrected chi connectivity index (χ3v) is 4.31. The standard InChI is InChI=1S/C17H25N5/c18-10-11-19-16-14-8-4-5-9-15(14)21-17(22-16)20-12-13-6-2-1-3-7-13/h4-5,8-9,13H,1-3,6-7,10-12,18H2,(H2,19,20,21,22). The summed E-state index contributed by atoms with van der Waals surface area (Å²) in [4.78, 5) is 9.27. The van der Waals surface area contributed by atoms with Crippen LogP contribution in [0.2, 0.25) is 0 Å². The van der Waals surface area contributed by atoms with Crippen LogP contribution in [0.3, 0.4) is 0 Å². The van der Waals surface area contributed by atoms with Crippen LogP contribution in [0.25, 0.3) is 10.9 Å². The Bertz CT molecular complexity index is 607. The van der Waals surface area contributed by atoms with E-state index in [1.165, 1.54) is 32.1 Å². The molecule has 1 aromatic heterocycles. The monoisotopic (exact) mass is 299 g/mol. The van der Waals surface area contributed by atoms with Gasteiger partial charge in [-0.25, -0.2) is 4.98 Å².